The minimum absolute atomic E-state index is 0.0301. The van der Waals surface area contributed by atoms with E-state index in [0.717, 1.165) is 25.9 Å². The molecule has 1 N–H and O–H groups in total. The van der Waals surface area contributed by atoms with Crippen molar-refractivity contribution in [3.8, 4) is 0 Å². The fourth-order valence-corrected chi connectivity index (χ4v) is 2.21. The Labute approximate surface area is 104 Å². The third-order valence-electron chi connectivity index (χ3n) is 3.27. The molecule has 7 nitrogen and oxygen atoms in total. The zero-order valence-electron chi connectivity index (χ0n) is 10.5. The van der Waals surface area contributed by atoms with Crippen LogP contribution in [-0.2, 0) is 4.79 Å². The maximum absolute atomic E-state index is 12.2. The van der Waals surface area contributed by atoms with Crippen molar-refractivity contribution in [3.63, 3.8) is 0 Å². The van der Waals surface area contributed by atoms with Crippen LogP contribution in [0.2, 0.25) is 0 Å². The normalized spacial score (nSPS) is 16.9. The summed E-state index contributed by atoms with van der Waals surface area (Å²) >= 11 is 0. The minimum atomic E-state index is -1.13. The molecule has 1 aromatic rings. The van der Waals surface area contributed by atoms with Crippen molar-refractivity contribution < 1.29 is 14.7 Å². The van der Waals surface area contributed by atoms with Crippen LogP contribution in [0.3, 0.4) is 0 Å². The lowest BCUT2D eigenvalue weighted by atomic mass is 10.2. The van der Waals surface area contributed by atoms with E-state index < -0.39 is 12.0 Å². The van der Waals surface area contributed by atoms with E-state index in [0.29, 0.717) is 5.69 Å². The quantitative estimate of drug-likeness (QED) is 0.844. The Morgan fingerprint density at radius 3 is 2.44 bits per heavy atom. The Bertz CT molecular complexity index is 477. The first kappa shape index (κ1) is 12.5. The van der Waals surface area contributed by atoms with Crippen molar-refractivity contribution in [2.24, 2.45) is 0 Å². The molecule has 1 fully saturated rings. The van der Waals surface area contributed by atoms with Crippen molar-refractivity contribution >= 4 is 11.9 Å². The maximum atomic E-state index is 12.2. The van der Waals surface area contributed by atoms with Gasteiger partial charge in [-0.05, 0) is 26.7 Å². The minimum Gasteiger partial charge on any atom is -0.476 e. The van der Waals surface area contributed by atoms with Crippen LogP contribution in [0.5, 0.6) is 0 Å². The molecule has 0 bridgehead atoms. The molecule has 7 heteroatoms. The van der Waals surface area contributed by atoms with E-state index in [1.807, 2.05) is 0 Å². The van der Waals surface area contributed by atoms with Gasteiger partial charge in [0.05, 0.1) is 5.69 Å². The van der Waals surface area contributed by atoms with Crippen molar-refractivity contribution in [1.29, 1.82) is 0 Å². The molecular formula is C11H16N4O3. The highest BCUT2D eigenvalue weighted by Gasteiger charge is 2.27. The highest BCUT2D eigenvalue weighted by molar-refractivity contribution is 5.86. The third-order valence-corrected chi connectivity index (χ3v) is 3.27. The van der Waals surface area contributed by atoms with Gasteiger partial charge in [0.25, 0.3) is 0 Å². The molecular weight excluding hydrogens is 236 g/mol. The molecule has 98 valence electrons. The van der Waals surface area contributed by atoms with Crippen molar-refractivity contribution in [2.75, 3.05) is 13.1 Å². The van der Waals surface area contributed by atoms with Crippen LogP contribution in [0.15, 0.2) is 0 Å². The Morgan fingerprint density at radius 1 is 1.33 bits per heavy atom. The Kier molecular flexibility index (Phi) is 3.31. The van der Waals surface area contributed by atoms with E-state index in [-0.39, 0.29) is 11.6 Å². The molecule has 1 amide bonds. The number of carbonyl (C=O) groups is 2. The molecule has 1 atom stereocenters. The van der Waals surface area contributed by atoms with Crippen molar-refractivity contribution in [3.05, 3.63) is 11.4 Å². The van der Waals surface area contributed by atoms with Gasteiger partial charge in [0, 0.05) is 13.1 Å². The fourth-order valence-electron chi connectivity index (χ4n) is 2.21. The second-order valence-electron chi connectivity index (χ2n) is 4.48. The van der Waals surface area contributed by atoms with E-state index >= 15 is 0 Å². The summed E-state index contributed by atoms with van der Waals surface area (Å²) in [6.07, 6.45) is 2.05. The van der Waals surface area contributed by atoms with Gasteiger partial charge in [-0.15, -0.1) is 5.10 Å². The Morgan fingerprint density at radius 2 is 1.94 bits per heavy atom. The molecule has 1 saturated heterocycles. The number of hydrogen-bond acceptors (Lipinski definition) is 4. The van der Waals surface area contributed by atoms with Gasteiger partial charge in [-0.2, -0.15) is 0 Å². The predicted octanol–water partition coefficient (Wildman–Crippen LogP) is 0.468. The summed E-state index contributed by atoms with van der Waals surface area (Å²) in [6.45, 7) is 4.86. The zero-order chi connectivity index (χ0) is 13.3. The number of carboxylic acids is 1. The highest BCUT2D eigenvalue weighted by Crippen LogP contribution is 2.17. The number of aromatic nitrogens is 3. The molecule has 1 aromatic heterocycles. The largest absolute Gasteiger partial charge is 0.476 e. The summed E-state index contributed by atoms with van der Waals surface area (Å²) in [5.74, 6) is -1.16. The van der Waals surface area contributed by atoms with Gasteiger partial charge in [-0.3, -0.25) is 4.79 Å². The Hall–Kier alpha value is -1.92. The van der Waals surface area contributed by atoms with E-state index in [1.54, 1.807) is 18.7 Å². The summed E-state index contributed by atoms with van der Waals surface area (Å²) < 4.78 is 1.38. The number of carbonyl (C=O) groups excluding carboxylic acids is 1. The second kappa shape index (κ2) is 4.75. The van der Waals surface area contributed by atoms with Crippen LogP contribution in [-0.4, -0.2) is 50.0 Å². The van der Waals surface area contributed by atoms with Crippen LogP contribution in [0, 0.1) is 6.92 Å². The second-order valence-corrected chi connectivity index (χ2v) is 4.48. The first-order valence-corrected chi connectivity index (χ1v) is 5.96. The predicted molar refractivity (Wildman–Crippen MR) is 62.2 cm³/mol. The summed E-state index contributed by atoms with van der Waals surface area (Å²) in [7, 11) is 0. The first-order chi connectivity index (χ1) is 8.52. The molecule has 0 radical (unpaired) electrons. The number of hydrogen-bond donors (Lipinski definition) is 1. The smallest absolute Gasteiger partial charge is 0.358 e. The monoisotopic (exact) mass is 252 g/mol. The number of nitrogens with zero attached hydrogens (tertiary/aromatic N) is 4. The van der Waals surface area contributed by atoms with E-state index in [1.165, 1.54) is 4.68 Å². The number of carboxylic acid groups (broad SMARTS) is 1. The van der Waals surface area contributed by atoms with Crippen LogP contribution >= 0.6 is 0 Å². The van der Waals surface area contributed by atoms with Gasteiger partial charge in [0.15, 0.2) is 5.69 Å². The standard InChI is InChI=1S/C11H16N4O3/c1-7-9(11(17)18)12-13-15(7)8(2)10(16)14-5-3-4-6-14/h8H,3-6H2,1-2H3,(H,17,18). The zero-order valence-corrected chi connectivity index (χ0v) is 10.5. The first-order valence-electron chi connectivity index (χ1n) is 5.96. The van der Waals surface area contributed by atoms with Gasteiger partial charge >= 0.3 is 5.97 Å². The van der Waals surface area contributed by atoms with Crippen LogP contribution in [0.25, 0.3) is 0 Å². The lowest BCUT2D eigenvalue weighted by Gasteiger charge is -2.20. The molecule has 18 heavy (non-hydrogen) atoms. The number of rotatable bonds is 3. The van der Waals surface area contributed by atoms with Crippen LogP contribution in [0.4, 0.5) is 0 Å². The van der Waals surface area contributed by atoms with Gasteiger partial charge < -0.3 is 10.0 Å². The average Bonchev–Trinajstić information content (AvgIpc) is 2.95. The Balaban J connectivity index is 2.20. The average molecular weight is 252 g/mol. The topological polar surface area (TPSA) is 88.3 Å². The van der Waals surface area contributed by atoms with Crippen LogP contribution in [0.1, 0.15) is 42.0 Å². The van der Waals surface area contributed by atoms with E-state index in [4.69, 9.17) is 5.11 Å². The van der Waals surface area contributed by atoms with Crippen molar-refractivity contribution in [1.82, 2.24) is 19.9 Å². The highest BCUT2D eigenvalue weighted by atomic mass is 16.4. The van der Waals surface area contributed by atoms with Gasteiger partial charge in [-0.25, -0.2) is 9.48 Å². The molecule has 2 heterocycles. The molecule has 1 aliphatic heterocycles. The number of amides is 1. The summed E-state index contributed by atoms with van der Waals surface area (Å²) in [5, 5.41) is 16.3. The van der Waals surface area contributed by atoms with Crippen LogP contribution < -0.4 is 0 Å². The lowest BCUT2D eigenvalue weighted by molar-refractivity contribution is -0.133. The molecule has 2 rings (SSSR count). The molecule has 1 aliphatic rings. The van der Waals surface area contributed by atoms with Gasteiger partial charge in [-0.1, -0.05) is 5.21 Å². The fraction of sp³-hybridized carbons (Fsp3) is 0.636. The number of likely N-dealkylation sites (tertiary alicyclic amines) is 1. The summed E-state index contributed by atoms with van der Waals surface area (Å²) in [6, 6.07) is -0.510. The SMILES string of the molecule is Cc1c(C(=O)O)nnn1C(C)C(=O)N1CCCC1. The molecule has 1 unspecified atom stereocenters. The van der Waals surface area contributed by atoms with Crippen molar-refractivity contribution in [2.45, 2.75) is 32.7 Å². The summed E-state index contributed by atoms with van der Waals surface area (Å²) in [5.41, 5.74) is 0.304. The lowest BCUT2D eigenvalue weighted by Crippen LogP contribution is -2.34. The van der Waals surface area contributed by atoms with Gasteiger partial charge in [0.2, 0.25) is 5.91 Å². The molecule has 0 aliphatic carbocycles. The summed E-state index contributed by atoms with van der Waals surface area (Å²) in [4.78, 5) is 24.8. The molecule has 0 saturated carbocycles. The number of aromatic carboxylic acids is 1. The van der Waals surface area contributed by atoms with E-state index in [2.05, 4.69) is 10.3 Å². The van der Waals surface area contributed by atoms with E-state index in [9.17, 15) is 9.59 Å². The molecule has 0 spiro atoms. The third kappa shape index (κ3) is 2.07. The van der Waals surface area contributed by atoms with Gasteiger partial charge in [0.1, 0.15) is 6.04 Å². The maximum Gasteiger partial charge on any atom is 0.358 e. The molecule has 0 aromatic carbocycles.